The average molecular weight is 240 g/mol. The molecule has 0 radical (unpaired) electrons. The molecule has 4 nitrogen and oxygen atoms in total. The first-order chi connectivity index (χ1) is 7.66. The third-order valence-corrected chi connectivity index (χ3v) is 3.07. The van der Waals surface area contributed by atoms with Gasteiger partial charge in [-0.3, -0.25) is 4.79 Å². The highest BCUT2D eigenvalue weighted by Gasteiger charge is 2.29. The van der Waals surface area contributed by atoms with Crippen LogP contribution in [0.4, 0.5) is 5.69 Å². The number of carbonyl (C=O) groups excluding carboxylic acids is 1. The zero-order chi connectivity index (χ0) is 11.5. The highest BCUT2D eigenvalue weighted by Crippen LogP contribution is 2.18. The molecule has 0 aromatic carbocycles. The monoisotopic (exact) mass is 239 g/mol. The van der Waals surface area contributed by atoms with E-state index >= 15 is 0 Å². The second-order valence-electron chi connectivity index (χ2n) is 4.10. The Morgan fingerprint density at radius 3 is 2.94 bits per heavy atom. The number of nitrogens with one attached hydrogen (secondary N) is 2. The summed E-state index contributed by atoms with van der Waals surface area (Å²) in [6.45, 7) is 3.72. The predicted molar refractivity (Wildman–Crippen MR) is 63.4 cm³/mol. The molecule has 0 saturated carbocycles. The maximum atomic E-state index is 11.9. The number of aromatic nitrogens is 1. The summed E-state index contributed by atoms with van der Waals surface area (Å²) in [6, 6.07) is 3.41. The molecule has 1 aromatic heterocycles. The van der Waals surface area contributed by atoms with Gasteiger partial charge in [0.15, 0.2) is 0 Å². The lowest BCUT2D eigenvalue weighted by Crippen LogP contribution is -2.27. The molecular formula is C11H14ClN3O. The topological polar surface area (TPSA) is 54.0 Å². The van der Waals surface area contributed by atoms with E-state index in [0.29, 0.717) is 16.8 Å². The van der Waals surface area contributed by atoms with Crippen LogP contribution in [0.5, 0.6) is 0 Å². The van der Waals surface area contributed by atoms with Gasteiger partial charge in [0.1, 0.15) is 5.15 Å². The predicted octanol–water partition coefficient (Wildman–Crippen LogP) is 1.53. The second-order valence-corrected chi connectivity index (χ2v) is 4.49. The minimum Gasteiger partial charge on any atom is -0.324 e. The SMILES string of the molecule is CC1CNCC1C(=O)Nc1ccc(Cl)nc1. The first-order valence-electron chi connectivity index (χ1n) is 5.30. The molecule has 2 heterocycles. The summed E-state index contributed by atoms with van der Waals surface area (Å²) < 4.78 is 0. The zero-order valence-electron chi connectivity index (χ0n) is 9.03. The van der Waals surface area contributed by atoms with Gasteiger partial charge < -0.3 is 10.6 Å². The Labute approximate surface area is 99.4 Å². The van der Waals surface area contributed by atoms with Crippen molar-refractivity contribution in [3.63, 3.8) is 0 Å². The van der Waals surface area contributed by atoms with Gasteiger partial charge in [-0.1, -0.05) is 18.5 Å². The Kier molecular flexibility index (Phi) is 3.41. The van der Waals surface area contributed by atoms with Crippen molar-refractivity contribution in [1.29, 1.82) is 0 Å². The van der Waals surface area contributed by atoms with Crippen LogP contribution in [0.3, 0.4) is 0 Å². The molecule has 16 heavy (non-hydrogen) atoms. The number of carbonyl (C=O) groups is 1. The summed E-state index contributed by atoms with van der Waals surface area (Å²) in [5, 5.41) is 6.47. The Morgan fingerprint density at radius 1 is 1.56 bits per heavy atom. The van der Waals surface area contributed by atoms with Crippen molar-refractivity contribution in [2.24, 2.45) is 11.8 Å². The highest BCUT2D eigenvalue weighted by molar-refractivity contribution is 6.29. The van der Waals surface area contributed by atoms with Crippen LogP contribution in [0.15, 0.2) is 18.3 Å². The summed E-state index contributed by atoms with van der Waals surface area (Å²) in [5.41, 5.74) is 0.688. The molecule has 1 aliphatic rings. The average Bonchev–Trinajstić information content (AvgIpc) is 2.68. The van der Waals surface area contributed by atoms with Crippen LogP contribution in [-0.4, -0.2) is 24.0 Å². The number of amides is 1. The van der Waals surface area contributed by atoms with Gasteiger partial charge in [0, 0.05) is 6.54 Å². The van der Waals surface area contributed by atoms with E-state index in [1.807, 2.05) is 0 Å². The van der Waals surface area contributed by atoms with Crippen LogP contribution < -0.4 is 10.6 Å². The van der Waals surface area contributed by atoms with E-state index in [4.69, 9.17) is 11.6 Å². The molecule has 0 spiro atoms. The lowest BCUT2D eigenvalue weighted by molar-refractivity contribution is -0.120. The Bertz CT molecular complexity index is 379. The fourth-order valence-corrected chi connectivity index (χ4v) is 1.96. The van der Waals surface area contributed by atoms with Crippen molar-refractivity contribution in [3.05, 3.63) is 23.5 Å². The summed E-state index contributed by atoms with van der Waals surface area (Å²) in [6.07, 6.45) is 1.56. The number of nitrogens with zero attached hydrogens (tertiary/aromatic N) is 1. The largest absolute Gasteiger partial charge is 0.324 e. The van der Waals surface area contributed by atoms with E-state index in [2.05, 4.69) is 22.5 Å². The van der Waals surface area contributed by atoms with Crippen LogP contribution in [0.1, 0.15) is 6.92 Å². The third-order valence-electron chi connectivity index (χ3n) is 2.85. The molecule has 0 bridgehead atoms. The van der Waals surface area contributed by atoms with Gasteiger partial charge in [0.05, 0.1) is 17.8 Å². The molecule has 1 aromatic rings. The quantitative estimate of drug-likeness (QED) is 0.770. The van der Waals surface area contributed by atoms with Crippen LogP contribution in [0.25, 0.3) is 0 Å². The normalized spacial score (nSPS) is 24.4. The van der Waals surface area contributed by atoms with E-state index in [-0.39, 0.29) is 11.8 Å². The molecule has 2 atom stereocenters. The number of anilines is 1. The van der Waals surface area contributed by atoms with E-state index in [9.17, 15) is 4.79 Å². The van der Waals surface area contributed by atoms with Gasteiger partial charge >= 0.3 is 0 Å². The van der Waals surface area contributed by atoms with Crippen LogP contribution in [0.2, 0.25) is 5.15 Å². The molecule has 1 amide bonds. The van der Waals surface area contributed by atoms with Crippen LogP contribution in [-0.2, 0) is 4.79 Å². The fraction of sp³-hybridized carbons (Fsp3) is 0.455. The first kappa shape index (κ1) is 11.4. The maximum Gasteiger partial charge on any atom is 0.229 e. The summed E-state index contributed by atoms with van der Waals surface area (Å²) in [4.78, 5) is 15.8. The molecule has 1 aliphatic heterocycles. The molecule has 2 rings (SSSR count). The zero-order valence-corrected chi connectivity index (χ0v) is 9.79. The Morgan fingerprint density at radius 2 is 2.38 bits per heavy atom. The van der Waals surface area contributed by atoms with Gasteiger partial charge in [-0.2, -0.15) is 0 Å². The Hall–Kier alpha value is -1.13. The smallest absolute Gasteiger partial charge is 0.229 e. The van der Waals surface area contributed by atoms with Crippen LogP contribution >= 0.6 is 11.6 Å². The third kappa shape index (κ3) is 2.51. The van der Waals surface area contributed by atoms with E-state index in [0.717, 1.165) is 13.1 Å². The van der Waals surface area contributed by atoms with Gasteiger partial charge in [-0.25, -0.2) is 4.98 Å². The van der Waals surface area contributed by atoms with Crippen molar-refractivity contribution in [1.82, 2.24) is 10.3 Å². The highest BCUT2D eigenvalue weighted by atomic mass is 35.5. The van der Waals surface area contributed by atoms with Crippen molar-refractivity contribution in [2.45, 2.75) is 6.92 Å². The lowest BCUT2D eigenvalue weighted by atomic mass is 9.97. The Balaban J connectivity index is 1.99. The van der Waals surface area contributed by atoms with Crippen LogP contribution in [0, 0.1) is 11.8 Å². The molecule has 1 saturated heterocycles. The van der Waals surface area contributed by atoms with E-state index in [1.54, 1.807) is 18.3 Å². The molecular weight excluding hydrogens is 226 g/mol. The number of hydrogen-bond acceptors (Lipinski definition) is 3. The van der Waals surface area contributed by atoms with Crippen molar-refractivity contribution < 1.29 is 4.79 Å². The molecule has 5 heteroatoms. The van der Waals surface area contributed by atoms with Crippen molar-refractivity contribution in [2.75, 3.05) is 18.4 Å². The summed E-state index contributed by atoms with van der Waals surface area (Å²) >= 11 is 5.66. The summed E-state index contributed by atoms with van der Waals surface area (Å²) in [5.74, 6) is 0.456. The van der Waals surface area contributed by atoms with Gasteiger partial charge in [0.2, 0.25) is 5.91 Å². The summed E-state index contributed by atoms with van der Waals surface area (Å²) in [7, 11) is 0. The minimum absolute atomic E-state index is 0.0377. The first-order valence-corrected chi connectivity index (χ1v) is 5.68. The molecule has 1 fully saturated rings. The fourth-order valence-electron chi connectivity index (χ4n) is 1.85. The number of pyridine rings is 1. The number of halogens is 1. The van der Waals surface area contributed by atoms with Gasteiger partial charge in [-0.05, 0) is 24.6 Å². The van der Waals surface area contributed by atoms with Gasteiger partial charge in [-0.15, -0.1) is 0 Å². The molecule has 86 valence electrons. The van der Waals surface area contributed by atoms with E-state index < -0.39 is 0 Å². The minimum atomic E-state index is 0.0377. The lowest BCUT2D eigenvalue weighted by Gasteiger charge is -2.13. The number of hydrogen-bond donors (Lipinski definition) is 2. The van der Waals surface area contributed by atoms with Crippen molar-refractivity contribution in [3.8, 4) is 0 Å². The van der Waals surface area contributed by atoms with E-state index in [1.165, 1.54) is 0 Å². The molecule has 2 N–H and O–H groups in total. The second kappa shape index (κ2) is 4.80. The van der Waals surface area contributed by atoms with Crippen molar-refractivity contribution >= 4 is 23.2 Å². The van der Waals surface area contributed by atoms with Gasteiger partial charge in [0.25, 0.3) is 0 Å². The standard InChI is InChI=1S/C11H14ClN3O/c1-7-4-13-6-9(7)11(16)15-8-2-3-10(12)14-5-8/h2-3,5,7,9,13H,4,6H2,1H3,(H,15,16). The molecule has 0 aliphatic carbocycles. The molecule has 2 unspecified atom stereocenters. The number of rotatable bonds is 2. The maximum absolute atomic E-state index is 11.9.